The van der Waals surface area contributed by atoms with Gasteiger partial charge in [0, 0.05) is 45.0 Å². The summed E-state index contributed by atoms with van der Waals surface area (Å²) in [4.78, 5) is 41.0. The maximum absolute atomic E-state index is 12.8. The van der Waals surface area contributed by atoms with Gasteiger partial charge in [0.05, 0.1) is 36.5 Å². The average molecular weight is 420 g/mol. The van der Waals surface area contributed by atoms with Gasteiger partial charge in [-0.3, -0.25) is 14.2 Å². The van der Waals surface area contributed by atoms with Gasteiger partial charge in [-0.1, -0.05) is 0 Å². The predicted octanol–water partition coefficient (Wildman–Crippen LogP) is 2.01. The topological polar surface area (TPSA) is 92.9 Å². The molecule has 4 heterocycles. The fraction of sp³-hybridized carbons (Fsp3) is 0.318. The third kappa shape index (κ3) is 4.46. The summed E-state index contributed by atoms with van der Waals surface area (Å²) >= 11 is 0. The standard InChI is InChI=1S/C22H24N6O3/c1-15-13-27(8-9-31-15)22(30)17-10-16-6-7-28(20(16)24-11-17)18-4-5-19(23-12-18)21(29)25-14-26(2)3/h4-7,10-12,14-15H,8-9,13H2,1-3H3. The van der Waals surface area contributed by atoms with Gasteiger partial charge in [-0.2, -0.15) is 4.99 Å². The molecule has 1 fully saturated rings. The van der Waals surface area contributed by atoms with Crippen LogP contribution in [0.1, 0.15) is 27.8 Å². The van der Waals surface area contributed by atoms with Crippen LogP contribution in [0.3, 0.4) is 0 Å². The Labute approximate surface area is 180 Å². The van der Waals surface area contributed by atoms with E-state index >= 15 is 0 Å². The number of carbonyl (C=O) groups is 2. The number of morpholine rings is 1. The van der Waals surface area contributed by atoms with Crippen LogP contribution in [-0.4, -0.2) is 82.4 Å². The number of pyridine rings is 2. The summed E-state index contributed by atoms with van der Waals surface area (Å²) in [6, 6.07) is 7.18. The zero-order chi connectivity index (χ0) is 22.0. The van der Waals surface area contributed by atoms with Crippen molar-refractivity contribution in [2.24, 2.45) is 4.99 Å². The molecule has 4 rings (SSSR count). The average Bonchev–Trinajstić information content (AvgIpc) is 3.20. The lowest BCUT2D eigenvalue weighted by molar-refractivity contribution is -0.0124. The van der Waals surface area contributed by atoms with Crippen molar-refractivity contribution in [3.63, 3.8) is 0 Å². The van der Waals surface area contributed by atoms with Crippen LogP contribution in [0.4, 0.5) is 0 Å². The molecule has 31 heavy (non-hydrogen) atoms. The zero-order valence-corrected chi connectivity index (χ0v) is 17.7. The van der Waals surface area contributed by atoms with Crippen molar-refractivity contribution in [3.8, 4) is 5.69 Å². The van der Waals surface area contributed by atoms with Crippen molar-refractivity contribution in [3.05, 3.63) is 54.1 Å². The SMILES string of the molecule is CC1CN(C(=O)c2cnc3c(ccn3-c3ccc(C(=O)N=CN(C)C)nc3)c2)CCO1. The second-order valence-electron chi connectivity index (χ2n) is 7.67. The van der Waals surface area contributed by atoms with Gasteiger partial charge in [0.25, 0.3) is 11.8 Å². The maximum atomic E-state index is 12.8. The minimum Gasteiger partial charge on any atom is -0.375 e. The molecule has 3 aromatic heterocycles. The zero-order valence-electron chi connectivity index (χ0n) is 17.7. The molecule has 0 spiro atoms. The first-order chi connectivity index (χ1) is 14.9. The lowest BCUT2D eigenvalue weighted by Gasteiger charge is -2.31. The van der Waals surface area contributed by atoms with Crippen LogP contribution in [-0.2, 0) is 4.74 Å². The number of hydrogen-bond acceptors (Lipinski definition) is 5. The molecular weight excluding hydrogens is 396 g/mol. The number of nitrogens with zero attached hydrogens (tertiary/aromatic N) is 6. The van der Waals surface area contributed by atoms with Crippen LogP contribution in [0.25, 0.3) is 16.7 Å². The van der Waals surface area contributed by atoms with Crippen LogP contribution >= 0.6 is 0 Å². The molecular formula is C22H24N6O3. The van der Waals surface area contributed by atoms with Gasteiger partial charge in [0.2, 0.25) is 0 Å². The van der Waals surface area contributed by atoms with E-state index in [1.54, 1.807) is 48.4 Å². The lowest BCUT2D eigenvalue weighted by Crippen LogP contribution is -2.44. The van der Waals surface area contributed by atoms with Crippen LogP contribution in [0.2, 0.25) is 0 Å². The van der Waals surface area contributed by atoms with Crippen LogP contribution in [0.5, 0.6) is 0 Å². The molecule has 0 radical (unpaired) electrons. The first-order valence-electron chi connectivity index (χ1n) is 10.0. The summed E-state index contributed by atoms with van der Waals surface area (Å²) < 4.78 is 7.38. The Morgan fingerprint density at radius 2 is 2.06 bits per heavy atom. The Morgan fingerprint density at radius 3 is 2.77 bits per heavy atom. The highest BCUT2D eigenvalue weighted by Gasteiger charge is 2.23. The Hall–Kier alpha value is -3.59. The number of fused-ring (bicyclic) bond motifs is 1. The molecule has 0 aromatic carbocycles. The normalized spacial score (nSPS) is 16.7. The largest absolute Gasteiger partial charge is 0.375 e. The number of hydrogen-bond donors (Lipinski definition) is 0. The summed E-state index contributed by atoms with van der Waals surface area (Å²) in [7, 11) is 3.58. The summed E-state index contributed by atoms with van der Waals surface area (Å²) in [6.07, 6.45) is 6.55. The monoisotopic (exact) mass is 420 g/mol. The number of aromatic nitrogens is 3. The molecule has 0 bridgehead atoms. The third-order valence-electron chi connectivity index (χ3n) is 4.95. The molecule has 9 heteroatoms. The molecule has 0 saturated carbocycles. The molecule has 9 nitrogen and oxygen atoms in total. The number of amides is 2. The maximum Gasteiger partial charge on any atom is 0.296 e. The van der Waals surface area contributed by atoms with Crippen LogP contribution in [0.15, 0.2) is 47.8 Å². The van der Waals surface area contributed by atoms with E-state index in [0.717, 1.165) is 11.1 Å². The Kier molecular flexibility index (Phi) is 5.77. The third-order valence-corrected chi connectivity index (χ3v) is 4.95. The van der Waals surface area contributed by atoms with E-state index in [0.29, 0.717) is 30.9 Å². The van der Waals surface area contributed by atoms with Gasteiger partial charge in [-0.25, -0.2) is 9.97 Å². The quantitative estimate of drug-likeness (QED) is 0.474. The fourth-order valence-electron chi connectivity index (χ4n) is 3.42. The van der Waals surface area contributed by atoms with Crippen LogP contribution < -0.4 is 0 Å². The Bertz CT molecular complexity index is 1140. The number of aliphatic imine (C=N–C) groups is 1. The highest BCUT2D eigenvalue weighted by molar-refractivity contribution is 5.98. The molecule has 0 aliphatic carbocycles. The van der Waals surface area contributed by atoms with Crippen molar-refractivity contribution in [1.82, 2.24) is 24.3 Å². The van der Waals surface area contributed by atoms with Crippen molar-refractivity contribution in [1.29, 1.82) is 0 Å². The predicted molar refractivity (Wildman–Crippen MR) is 117 cm³/mol. The fourth-order valence-corrected chi connectivity index (χ4v) is 3.42. The molecule has 1 atom stereocenters. The van der Waals surface area contributed by atoms with E-state index in [1.807, 2.05) is 29.8 Å². The van der Waals surface area contributed by atoms with Gasteiger partial charge in [-0.15, -0.1) is 0 Å². The highest BCUT2D eigenvalue weighted by atomic mass is 16.5. The van der Waals surface area contributed by atoms with Crippen LogP contribution in [0, 0.1) is 0 Å². The minimum atomic E-state index is -0.406. The Balaban J connectivity index is 1.56. The second kappa shape index (κ2) is 8.65. The second-order valence-corrected chi connectivity index (χ2v) is 7.67. The smallest absolute Gasteiger partial charge is 0.296 e. The molecule has 1 aliphatic rings. The first kappa shape index (κ1) is 20.7. The minimum absolute atomic E-state index is 0.0337. The van der Waals surface area contributed by atoms with Gasteiger partial charge in [0.15, 0.2) is 0 Å². The van der Waals surface area contributed by atoms with Gasteiger partial charge in [0.1, 0.15) is 11.3 Å². The molecule has 1 aliphatic heterocycles. The van der Waals surface area contributed by atoms with Crippen molar-refractivity contribution in [2.75, 3.05) is 33.8 Å². The molecule has 2 amide bonds. The lowest BCUT2D eigenvalue weighted by atomic mass is 10.2. The summed E-state index contributed by atoms with van der Waals surface area (Å²) in [5, 5.41) is 0.850. The van der Waals surface area contributed by atoms with E-state index < -0.39 is 5.91 Å². The highest BCUT2D eigenvalue weighted by Crippen LogP contribution is 2.21. The first-order valence-corrected chi connectivity index (χ1v) is 10.0. The van der Waals surface area contributed by atoms with E-state index in [-0.39, 0.29) is 17.7 Å². The molecule has 0 N–H and O–H groups in total. The van der Waals surface area contributed by atoms with E-state index in [4.69, 9.17) is 4.74 Å². The summed E-state index contributed by atoms with van der Waals surface area (Å²) in [5.74, 6) is -0.448. The van der Waals surface area contributed by atoms with E-state index in [1.165, 1.54) is 6.34 Å². The molecule has 1 saturated heterocycles. The van der Waals surface area contributed by atoms with E-state index in [9.17, 15) is 9.59 Å². The summed E-state index contributed by atoms with van der Waals surface area (Å²) in [5.41, 5.74) is 2.28. The Morgan fingerprint density at radius 1 is 1.23 bits per heavy atom. The number of rotatable bonds is 4. The molecule has 3 aromatic rings. The number of ether oxygens (including phenoxy) is 1. The van der Waals surface area contributed by atoms with Crippen molar-refractivity contribution >= 4 is 29.2 Å². The van der Waals surface area contributed by atoms with Crippen molar-refractivity contribution < 1.29 is 14.3 Å². The molecule has 1 unspecified atom stereocenters. The van der Waals surface area contributed by atoms with Gasteiger partial charge in [-0.05, 0) is 31.2 Å². The summed E-state index contributed by atoms with van der Waals surface area (Å²) in [6.45, 7) is 3.66. The van der Waals surface area contributed by atoms with Crippen molar-refractivity contribution in [2.45, 2.75) is 13.0 Å². The van der Waals surface area contributed by atoms with E-state index in [2.05, 4.69) is 15.0 Å². The number of carbonyl (C=O) groups excluding carboxylic acids is 2. The van der Waals surface area contributed by atoms with Gasteiger partial charge >= 0.3 is 0 Å². The molecule has 160 valence electrons. The van der Waals surface area contributed by atoms with Gasteiger partial charge < -0.3 is 14.5 Å².